The molecule has 0 bridgehead atoms. The van der Waals surface area contributed by atoms with Gasteiger partial charge < -0.3 is 10.2 Å². The van der Waals surface area contributed by atoms with Gasteiger partial charge in [-0.25, -0.2) is 9.38 Å². The van der Waals surface area contributed by atoms with Gasteiger partial charge in [0.15, 0.2) is 5.78 Å². The molecule has 2 fully saturated rings. The van der Waals surface area contributed by atoms with Gasteiger partial charge in [-0.15, -0.1) is 0 Å². The fourth-order valence-corrected chi connectivity index (χ4v) is 4.50. The van der Waals surface area contributed by atoms with Crippen molar-refractivity contribution in [3.05, 3.63) is 65.0 Å². The van der Waals surface area contributed by atoms with Crippen LogP contribution in [0.2, 0.25) is 0 Å². The number of nitrogens with zero attached hydrogens (tertiary/aromatic N) is 2. The number of nitrogens with one attached hydrogen (secondary N) is 1. The van der Waals surface area contributed by atoms with E-state index in [9.17, 15) is 9.18 Å². The number of Topliss-reactive ketones (excluding diaryl/α,β-unsaturated/α-hetero) is 1. The Hall–Kier alpha value is -2.97. The Kier molecular flexibility index (Phi) is 4.44. The first kappa shape index (κ1) is 18.1. The van der Waals surface area contributed by atoms with Crippen molar-refractivity contribution in [1.82, 2.24) is 10.2 Å². The first-order valence-electron chi connectivity index (χ1n) is 10.1. The molecule has 0 aromatic heterocycles. The maximum atomic E-state index is 13.3. The van der Waals surface area contributed by atoms with Crippen molar-refractivity contribution in [2.75, 3.05) is 13.1 Å². The summed E-state index contributed by atoms with van der Waals surface area (Å²) < 4.78 is 13.3. The lowest BCUT2D eigenvalue weighted by Gasteiger charge is -2.29. The van der Waals surface area contributed by atoms with Gasteiger partial charge in [0.1, 0.15) is 11.7 Å². The van der Waals surface area contributed by atoms with Crippen LogP contribution in [0.5, 0.6) is 0 Å². The molecule has 1 unspecified atom stereocenters. The highest BCUT2D eigenvalue weighted by atomic mass is 19.1. The van der Waals surface area contributed by atoms with Crippen LogP contribution in [0, 0.1) is 17.7 Å². The fraction of sp³-hybridized carbons (Fsp3) is 0.333. The molecular formula is C24H22FN3O. The van der Waals surface area contributed by atoms with E-state index >= 15 is 0 Å². The van der Waals surface area contributed by atoms with Crippen LogP contribution >= 0.6 is 0 Å². The number of halogens is 1. The van der Waals surface area contributed by atoms with Gasteiger partial charge in [0, 0.05) is 43.6 Å². The normalized spacial score (nSPS) is 23.0. The zero-order chi connectivity index (χ0) is 19.8. The summed E-state index contributed by atoms with van der Waals surface area (Å²) in [5, 5.41) is 3.46. The van der Waals surface area contributed by atoms with E-state index in [2.05, 4.69) is 28.1 Å². The molecule has 2 aromatic carbocycles. The van der Waals surface area contributed by atoms with E-state index in [0.717, 1.165) is 56.0 Å². The van der Waals surface area contributed by atoms with Gasteiger partial charge >= 0.3 is 0 Å². The predicted molar refractivity (Wildman–Crippen MR) is 111 cm³/mol. The average molecular weight is 387 g/mol. The molecule has 3 aliphatic rings. The molecule has 3 heterocycles. The third-order valence-electron chi connectivity index (χ3n) is 6.17. The third kappa shape index (κ3) is 3.45. The predicted octanol–water partition coefficient (Wildman–Crippen LogP) is 3.56. The van der Waals surface area contributed by atoms with Gasteiger partial charge in [-0.05, 0) is 48.7 Å². The number of hydrogen-bond acceptors (Lipinski definition) is 4. The van der Waals surface area contributed by atoms with Gasteiger partial charge in [0.25, 0.3) is 0 Å². The number of carbonyl (C=O) groups is 1. The van der Waals surface area contributed by atoms with Gasteiger partial charge in [0.2, 0.25) is 0 Å². The largest absolute Gasteiger partial charge is 0.356 e. The molecule has 0 amide bonds. The van der Waals surface area contributed by atoms with E-state index in [1.807, 2.05) is 12.1 Å². The van der Waals surface area contributed by atoms with Crippen LogP contribution < -0.4 is 5.32 Å². The van der Waals surface area contributed by atoms with Gasteiger partial charge in [-0.3, -0.25) is 4.79 Å². The van der Waals surface area contributed by atoms with Crippen molar-refractivity contribution >= 4 is 17.3 Å². The Balaban J connectivity index is 1.40. The summed E-state index contributed by atoms with van der Waals surface area (Å²) in [6.45, 7) is 2.45. The first-order valence-corrected chi connectivity index (χ1v) is 10.1. The molecule has 0 aliphatic carbocycles. The highest BCUT2D eigenvalue weighted by Crippen LogP contribution is 2.34. The molecular weight excluding hydrogens is 365 g/mol. The summed E-state index contributed by atoms with van der Waals surface area (Å²) in [6.07, 6.45) is 3.10. The minimum absolute atomic E-state index is 0.282. The number of amidine groups is 1. The van der Waals surface area contributed by atoms with Crippen LogP contribution in [0.4, 0.5) is 10.1 Å². The second-order valence-electron chi connectivity index (χ2n) is 7.99. The Labute approximate surface area is 169 Å². The molecule has 4 nitrogen and oxygen atoms in total. The van der Waals surface area contributed by atoms with E-state index in [1.54, 1.807) is 12.1 Å². The minimum Gasteiger partial charge on any atom is -0.356 e. The zero-order valence-electron chi connectivity index (χ0n) is 16.2. The summed E-state index contributed by atoms with van der Waals surface area (Å²) in [7, 11) is 0. The SMILES string of the molecule is O=C1CCNC12CCC1=Nc3cc(C#Cc4cccc(F)c4)ccc3CN1CC2. The highest BCUT2D eigenvalue weighted by Gasteiger charge is 2.43. The van der Waals surface area contributed by atoms with Gasteiger partial charge in [-0.2, -0.15) is 0 Å². The molecule has 1 atom stereocenters. The van der Waals surface area contributed by atoms with Crippen LogP contribution in [-0.4, -0.2) is 35.1 Å². The van der Waals surface area contributed by atoms with Gasteiger partial charge in [-0.1, -0.05) is 24.0 Å². The smallest absolute Gasteiger partial charge is 0.154 e. The van der Waals surface area contributed by atoms with Crippen molar-refractivity contribution in [2.24, 2.45) is 4.99 Å². The standard InChI is InChI=1S/C24H22FN3O/c25-20-3-1-2-17(14-20)4-5-18-6-7-19-16-28-13-11-24(22(29)9-12-26-24)10-8-23(28)27-21(19)15-18/h1-3,6-7,14-15,26H,8-13,16H2. The molecule has 0 saturated carbocycles. The Morgan fingerprint density at radius 3 is 2.72 bits per heavy atom. The van der Waals surface area contributed by atoms with Crippen LogP contribution in [-0.2, 0) is 11.3 Å². The number of fused-ring (bicyclic) bond motifs is 2. The minimum atomic E-state index is -0.354. The molecule has 29 heavy (non-hydrogen) atoms. The van der Waals surface area contributed by atoms with E-state index in [1.165, 1.54) is 17.7 Å². The average Bonchev–Trinajstić information content (AvgIpc) is 2.98. The lowest BCUT2D eigenvalue weighted by atomic mass is 9.88. The van der Waals surface area contributed by atoms with Crippen molar-refractivity contribution in [3.8, 4) is 11.8 Å². The third-order valence-corrected chi connectivity index (χ3v) is 6.17. The Morgan fingerprint density at radius 2 is 1.93 bits per heavy atom. The van der Waals surface area contributed by atoms with Crippen LogP contribution in [0.15, 0.2) is 47.5 Å². The van der Waals surface area contributed by atoms with Gasteiger partial charge in [0.05, 0.1) is 11.2 Å². The van der Waals surface area contributed by atoms with Crippen LogP contribution in [0.3, 0.4) is 0 Å². The number of ketones is 1. The molecule has 2 aromatic rings. The summed E-state index contributed by atoms with van der Waals surface area (Å²) in [4.78, 5) is 19.6. The van der Waals surface area contributed by atoms with E-state index in [0.29, 0.717) is 17.8 Å². The molecule has 1 spiro atoms. The van der Waals surface area contributed by atoms with Crippen molar-refractivity contribution in [2.45, 2.75) is 37.8 Å². The van der Waals surface area contributed by atoms with Crippen LogP contribution in [0.25, 0.3) is 0 Å². The molecule has 0 radical (unpaired) electrons. The molecule has 1 N–H and O–H groups in total. The monoisotopic (exact) mass is 387 g/mol. The maximum Gasteiger partial charge on any atom is 0.154 e. The molecule has 146 valence electrons. The zero-order valence-corrected chi connectivity index (χ0v) is 16.2. The number of carbonyl (C=O) groups excluding carboxylic acids is 1. The van der Waals surface area contributed by atoms with Crippen molar-refractivity contribution in [3.63, 3.8) is 0 Å². The summed E-state index contributed by atoms with van der Waals surface area (Å²) in [6, 6.07) is 12.4. The summed E-state index contributed by atoms with van der Waals surface area (Å²) in [5.74, 6) is 7.26. The summed E-state index contributed by atoms with van der Waals surface area (Å²) >= 11 is 0. The highest BCUT2D eigenvalue weighted by molar-refractivity contribution is 5.93. The lowest BCUT2D eigenvalue weighted by Crippen LogP contribution is -2.46. The Bertz CT molecular complexity index is 1080. The molecule has 2 saturated heterocycles. The second kappa shape index (κ2) is 7.13. The maximum absolute atomic E-state index is 13.3. The topological polar surface area (TPSA) is 44.7 Å². The first-order chi connectivity index (χ1) is 14.1. The number of benzene rings is 2. The van der Waals surface area contributed by atoms with E-state index in [4.69, 9.17) is 4.99 Å². The molecule has 5 rings (SSSR count). The lowest BCUT2D eigenvalue weighted by molar-refractivity contribution is -0.122. The van der Waals surface area contributed by atoms with Crippen LogP contribution in [0.1, 0.15) is 42.4 Å². The Morgan fingerprint density at radius 1 is 1.07 bits per heavy atom. The van der Waals surface area contributed by atoms with Crippen molar-refractivity contribution in [1.29, 1.82) is 0 Å². The van der Waals surface area contributed by atoms with Crippen molar-refractivity contribution < 1.29 is 9.18 Å². The second-order valence-corrected chi connectivity index (χ2v) is 7.99. The fourth-order valence-electron chi connectivity index (χ4n) is 4.50. The number of rotatable bonds is 0. The molecule has 5 heteroatoms. The summed E-state index contributed by atoms with van der Waals surface area (Å²) in [5.41, 5.74) is 3.29. The number of aliphatic imine (C=N–C) groups is 1. The number of hydrogen-bond donors (Lipinski definition) is 1. The van der Waals surface area contributed by atoms with E-state index < -0.39 is 0 Å². The quantitative estimate of drug-likeness (QED) is 0.703. The molecule has 3 aliphatic heterocycles. The van der Waals surface area contributed by atoms with E-state index in [-0.39, 0.29) is 11.4 Å².